The zero-order valence-corrected chi connectivity index (χ0v) is 25.9. The zero-order chi connectivity index (χ0) is 31.9. The van der Waals surface area contributed by atoms with Gasteiger partial charge in [-0.25, -0.2) is 27.5 Å². The van der Waals surface area contributed by atoms with Crippen molar-refractivity contribution in [3.8, 4) is 17.4 Å². The van der Waals surface area contributed by atoms with Gasteiger partial charge in [0.25, 0.3) is 11.5 Å². The van der Waals surface area contributed by atoms with Crippen molar-refractivity contribution in [1.82, 2.24) is 34.7 Å². The average Bonchev–Trinajstić information content (AvgIpc) is 3.52. The highest BCUT2D eigenvalue weighted by Crippen LogP contribution is 2.53. The lowest BCUT2D eigenvalue weighted by Gasteiger charge is -2.34. The van der Waals surface area contributed by atoms with Gasteiger partial charge in [0.1, 0.15) is 29.2 Å². The third kappa shape index (κ3) is 5.04. The molecule has 0 radical (unpaired) electrons. The summed E-state index contributed by atoms with van der Waals surface area (Å²) >= 11 is 0.929. The lowest BCUT2D eigenvalue weighted by molar-refractivity contribution is 0.100. The van der Waals surface area contributed by atoms with Crippen molar-refractivity contribution in [2.75, 3.05) is 43.9 Å². The molecule has 0 amide bonds. The van der Waals surface area contributed by atoms with Crippen LogP contribution in [0.25, 0.3) is 32.6 Å². The number of benzene rings is 1. The maximum absolute atomic E-state index is 14.5. The number of methoxy groups -OCH3 is 1. The second kappa shape index (κ2) is 11.0. The van der Waals surface area contributed by atoms with Gasteiger partial charge in [-0.1, -0.05) is 11.3 Å². The molecule has 0 spiro atoms. The molecule has 4 saturated heterocycles. The largest absolute Gasteiger partial charge is 0.467 e. The molecule has 5 fully saturated rings. The summed E-state index contributed by atoms with van der Waals surface area (Å²) in [6.45, 7) is 3.06. The van der Waals surface area contributed by atoms with Gasteiger partial charge in [0.05, 0.1) is 17.3 Å². The van der Waals surface area contributed by atoms with E-state index in [0.29, 0.717) is 31.5 Å². The molecule has 9 rings (SSSR count). The molecule has 5 aliphatic rings. The average molecular weight is 660 g/mol. The van der Waals surface area contributed by atoms with E-state index in [1.807, 2.05) is 4.90 Å². The first-order valence-corrected chi connectivity index (χ1v) is 16.4. The highest BCUT2D eigenvalue weighted by molar-refractivity contribution is 7.22. The molecule has 3 N–H and O–H groups in total. The number of hydrogen-bond donors (Lipinski definition) is 2. The monoisotopic (exact) mass is 659 g/mol. The number of nitrogens with one attached hydrogen (secondary N) is 1. The number of rotatable bonds is 4. The number of anilines is 2. The van der Waals surface area contributed by atoms with E-state index in [-0.39, 0.29) is 55.9 Å². The van der Waals surface area contributed by atoms with E-state index in [0.717, 1.165) is 41.7 Å². The Hall–Kier alpha value is -3.63. The Morgan fingerprint density at radius 1 is 1.09 bits per heavy atom. The van der Waals surface area contributed by atoms with Crippen molar-refractivity contribution < 1.29 is 22.3 Å². The minimum absolute atomic E-state index is 0.00267. The van der Waals surface area contributed by atoms with Crippen LogP contribution in [0.1, 0.15) is 44.6 Å². The van der Waals surface area contributed by atoms with E-state index in [1.54, 1.807) is 0 Å². The number of nitrogen functional groups attached to an aromatic ring is 1. The summed E-state index contributed by atoms with van der Waals surface area (Å²) in [5, 5.41) is 3.67. The molecule has 1 aromatic carbocycles. The van der Waals surface area contributed by atoms with Crippen molar-refractivity contribution >= 4 is 43.5 Å². The highest BCUT2D eigenvalue weighted by atomic mass is 32.1. The Balaban J connectivity index is 0.000000297. The van der Waals surface area contributed by atoms with E-state index in [4.69, 9.17) is 10.5 Å². The first-order valence-electron chi connectivity index (χ1n) is 15.6. The molecule has 5 unspecified atom stereocenters. The van der Waals surface area contributed by atoms with Crippen LogP contribution in [0.2, 0.25) is 0 Å². The Morgan fingerprint density at radius 3 is 2.54 bits per heavy atom. The van der Waals surface area contributed by atoms with Gasteiger partial charge in [-0.3, -0.25) is 14.3 Å². The first-order chi connectivity index (χ1) is 22.1. The summed E-state index contributed by atoms with van der Waals surface area (Å²) in [4.78, 5) is 35.9. The second-order valence-electron chi connectivity index (χ2n) is 12.8. The molecule has 3 aromatic heterocycles. The number of ether oxygens (including phenoxy) is 1. The molecular weight excluding hydrogens is 626 g/mol. The predicted molar refractivity (Wildman–Crippen MR) is 166 cm³/mol. The predicted octanol–water partition coefficient (Wildman–Crippen LogP) is 3.91. The van der Waals surface area contributed by atoms with E-state index >= 15 is 0 Å². The Morgan fingerprint density at radius 2 is 1.85 bits per heavy atom. The smallest absolute Gasteiger partial charge is 0.320 e. The van der Waals surface area contributed by atoms with Crippen LogP contribution in [0.15, 0.2) is 16.9 Å². The van der Waals surface area contributed by atoms with E-state index in [9.17, 15) is 22.4 Å². The molecule has 5 atom stereocenters. The molecule has 16 heteroatoms. The molecule has 7 heterocycles. The fraction of sp³-hybridized carbons (Fsp3) is 0.567. The number of aromatic nitrogens is 5. The molecule has 1 saturated carbocycles. The first kappa shape index (κ1) is 29.8. The maximum Gasteiger partial charge on any atom is 0.320 e. The lowest BCUT2D eigenvalue weighted by Crippen LogP contribution is -2.51. The molecule has 1 aliphatic carbocycles. The summed E-state index contributed by atoms with van der Waals surface area (Å²) in [7, 11) is 1.40. The van der Waals surface area contributed by atoms with E-state index < -0.39 is 35.9 Å². The Kier molecular flexibility index (Phi) is 7.10. The number of hydrogen-bond acceptors (Lipinski definition) is 11. The molecular formula is C30H33F4N9O2S. The standard InChI is InChI=1S/C23H21F3N8O2S.C7H12FN/c1-36-22-31-17-14(19(32-22)33-7-9-2-3-10(8-33)28-9)20(35)34(13-6-23(13,25)26)18(30-17)11-4-5-12(24)16-15(11)29-21(27)37-16;8-6-4-7-2-1-3-9(7)5-6/h4-5,9-10,13,28H,2-3,6-8H2,1H3,(H2,27,29);6-7H,1-5H2. The van der Waals surface area contributed by atoms with Gasteiger partial charge in [-0.05, 0) is 50.8 Å². The lowest BCUT2D eigenvalue weighted by atomic mass is 10.1. The summed E-state index contributed by atoms with van der Waals surface area (Å²) in [6.07, 6.45) is 4.30. The van der Waals surface area contributed by atoms with Crippen LogP contribution in [0.5, 0.6) is 6.01 Å². The summed E-state index contributed by atoms with van der Waals surface area (Å²) in [5.41, 5.74) is 5.51. The minimum Gasteiger partial charge on any atom is -0.467 e. The van der Waals surface area contributed by atoms with Gasteiger partial charge < -0.3 is 20.7 Å². The van der Waals surface area contributed by atoms with Gasteiger partial charge in [0.15, 0.2) is 16.6 Å². The van der Waals surface area contributed by atoms with Gasteiger partial charge in [0, 0.05) is 49.7 Å². The van der Waals surface area contributed by atoms with Crippen LogP contribution < -0.4 is 26.2 Å². The van der Waals surface area contributed by atoms with Crippen LogP contribution in [0.3, 0.4) is 0 Å². The van der Waals surface area contributed by atoms with Crippen molar-refractivity contribution in [2.45, 2.75) is 74.8 Å². The quantitative estimate of drug-likeness (QED) is 0.312. The van der Waals surface area contributed by atoms with Crippen LogP contribution in [0.4, 0.5) is 28.5 Å². The number of halogens is 4. The van der Waals surface area contributed by atoms with Crippen molar-refractivity contribution in [2.24, 2.45) is 0 Å². The molecule has 4 aliphatic heterocycles. The third-order valence-electron chi connectivity index (χ3n) is 9.74. The molecule has 2 bridgehead atoms. The van der Waals surface area contributed by atoms with Crippen molar-refractivity contribution in [1.29, 1.82) is 0 Å². The fourth-order valence-electron chi connectivity index (χ4n) is 7.51. The highest BCUT2D eigenvalue weighted by Gasteiger charge is 2.60. The van der Waals surface area contributed by atoms with Gasteiger partial charge in [-0.2, -0.15) is 9.97 Å². The zero-order valence-electron chi connectivity index (χ0n) is 25.1. The number of nitrogens with two attached hydrogens (primary N) is 1. The topological polar surface area (TPSA) is 127 Å². The molecule has 244 valence electrons. The van der Waals surface area contributed by atoms with Crippen molar-refractivity contribution in [3.63, 3.8) is 0 Å². The van der Waals surface area contributed by atoms with Gasteiger partial charge >= 0.3 is 6.01 Å². The van der Waals surface area contributed by atoms with Crippen molar-refractivity contribution in [3.05, 3.63) is 28.3 Å². The van der Waals surface area contributed by atoms with E-state index in [1.165, 1.54) is 32.1 Å². The normalized spacial score (nSPS) is 28.0. The maximum atomic E-state index is 14.5. The SMILES string of the molecule is COc1nc(N2CC3CCC(C2)N3)c2c(=O)n(C3CC3(F)F)c(-c3ccc(F)c4sc(N)nc34)nc2n1.FC1CC2CCCN2C1. The van der Waals surface area contributed by atoms with E-state index in [2.05, 4.69) is 30.2 Å². The summed E-state index contributed by atoms with van der Waals surface area (Å²) in [5.74, 6) is -3.42. The third-order valence-corrected chi connectivity index (χ3v) is 10.6. The summed E-state index contributed by atoms with van der Waals surface area (Å²) in [6, 6.07) is 2.23. The fourth-order valence-corrected chi connectivity index (χ4v) is 8.27. The number of alkyl halides is 3. The number of fused-ring (bicyclic) bond motifs is 5. The van der Waals surface area contributed by atoms with Crippen LogP contribution in [-0.4, -0.2) is 92.9 Å². The molecule has 4 aromatic rings. The van der Waals surface area contributed by atoms with Gasteiger partial charge in [-0.15, -0.1) is 0 Å². The molecule has 46 heavy (non-hydrogen) atoms. The minimum atomic E-state index is -3.09. The van der Waals surface area contributed by atoms with Crippen LogP contribution >= 0.6 is 11.3 Å². The number of nitrogens with zero attached hydrogens (tertiary/aromatic N) is 7. The number of piperazine rings is 1. The van der Waals surface area contributed by atoms with Crippen LogP contribution in [-0.2, 0) is 0 Å². The second-order valence-corrected chi connectivity index (χ2v) is 13.8. The Labute approximate surface area is 264 Å². The van der Waals surface area contributed by atoms with Gasteiger partial charge in [0.2, 0.25) is 0 Å². The number of thiazole rings is 1. The Bertz CT molecular complexity index is 1880. The molecule has 11 nitrogen and oxygen atoms in total. The van der Waals surface area contributed by atoms with Crippen LogP contribution in [0, 0.1) is 5.82 Å². The summed E-state index contributed by atoms with van der Waals surface area (Å²) < 4.78 is 62.5.